The van der Waals surface area contributed by atoms with Gasteiger partial charge in [-0.2, -0.15) is 0 Å². The highest BCUT2D eigenvalue weighted by Crippen LogP contribution is 2.19. The number of hydrogen-bond donors (Lipinski definition) is 0. The molecule has 2 amide bonds. The Balaban J connectivity index is 5.31. The quantitative estimate of drug-likeness (QED) is 0.716. The van der Waals surface area contributed by atoms with Crippen LogP contribution in [0.5, 0.6) is 0 Å². The van der Waals surface area contributed by atoms with Crippen molar-refractivity contribution in [1.82, 2.24) is 4.90 Å². The summed E-state index contributed by atoms with van der Waals surface area (Å²) in [6.45, 7) is 16.2. The molecule has 1 atom stereocenters. The van der Waals surface area contributed by atoms with Gasteiger partial charge in [-0.05, 0) is 48.0 Å². The zero-order valence-electron chi connectivity index (χ0n) is 14.4. The minimum Gasteiger partial charge on any atom is -0.443 e. The first kappa shape index (κ1) is 19.5. The summed E-state index contributed by atoms with van der Waals surface area (Å²) in [5.41, 5.74) is -1.37. The van der Waals surface area contributed by atoms with Crippen molar-refractivity contribution >= 4 is 12.2 Å². The lowest BCUT2D eigenvalue weighted by atomic mass is 10.1. The Kier molecular flexibility index (Phi) is 6.94. The molecule has 1 unspecified atom stereocenters. The molecule has 0 rings (SSSR count). The zero-order chi connectivity index (χ0) is 16.8. The largest absolute Gasteiger partial charge is 0.443 e. The molecule has 0 bridgehead atoms. The first-order valence-electron chi connectivity index (χ1n) is 7.29. The minimum absolute atomic E-state index is 0.445. The van der Waals surface area contributed by atoms with Gasteiger partial charge in [0, 0.05) is 0 Å². The molecule has 0 aromatic heterocycles. The van der Waals surface area contributed by atoms with Crippen LogP contribution in [0.15, 0.2) is 12.7 Å². The molecule has 0 saturated carbocycles. The summed E-state index contributed by atoms with van der Waals surface area (Å²) in [6.07, 6.45) is 1.56. The third kappa shape index (κ3) is 7.73. The van der Waals surface area contributed by atoms with Crippen LogP contribution in [0.2, 0.25) is 0 Å². The van der Waals surface area contributed by atoms with Gasteiger partial charge < -0.3 is 9.47 Å². The first-order chi connectivity index (χ1) is 9.41. The molecule has 0 aromatic carbocycles. The SMILES string of the molecule is C=CC(CCC)N(C(=O)OC(C)(C)C)C(=O)OC(C)(C)C. The summed E-state index contributed by atoms with van der Waals surface area (Å²) < 4.78 is 10.6. The number of imide groups is 1. The summed E-state index contributed by atoms with van der Waals surface area (Å²) in [5.74, 6) is 0. The fourth-order valence-electron chi connectivity index (χ4n) is 1.62. The summed E-state index contributed by atoms with van der Waals surface area (Å²) in [6, 6.07) is -0.445. The molecule has 21 heavy (non-hydrogen) atoms. The monoisotopic (exact) mass is 299 g/mol. The van der Waals surface area contributed by atoms with Crippen LogP contribution in [-0.2, 0) is 9.47 Å². The second-order valence-corrected chi connectivity index (χ2v) is 6.92. The van der Waals surface area contributed by atoms with Gasteiger partial charge in [0.05, 0.1) is 6.04 Å². The topological polar surface area (TPSA) is 55.8 Å². The molecule has 0 saturated heterocycles. The number of amides is 2. The Bertz CT molecular complexity index is 349. The predicted octanol–water partition coefficient (Wildman–Crippen LogP) is 4.51. The number of carbonyl (C=O) groups is 2. The van der Waals surface area contributed by atoms with Crippen molar-refractivity contribution in [3.05, 3.63) is 12.7 Å². The molecular weight excluding hydrogens is 270 g/mol. The van der Waals surface area contributed by atoms with E-state index in [2.05, 4.69) is 6.58 Å². The van der Waals surface area contributed by atoms with Gasteiger partial charge in [-0.25, -0.2) is 14.5 Å². The summed E-state index contributed by atoms with van der Waals surface area (Å²) in [5, 5.41) is 0. The molecule has 0 aromatic rings. The molecule has 122 valence electrons. The maximum Gasteiger partial charge on any atom is 0.420 e. The Labute approximate surface area is 128 Å². The highest BCUT2D eigenvalue weighted by molar-refractivity contribution is 5.88. The smallest absolute Gasteiger partial charge is 0.420 e. The van der Waals surface area contributed by atoms with Crippen molar-refractivity contribution in [2.45, 2.75) is 78.6 Å². The average Bonchev–Trinajstić information content (AvgIpc) is 2.23. The maximum absolute atomic E-state index is 12.3. The highest BCUT2D eigenvalue weighted by atomic mass is 16.6. The van der Waals surface area contributed by atoms with Gasteiger partial charge >= 0.3 is 12.2 Å². The average molecular weight is 299 g/mol. The molecule has 0 spiro atoms. The lowest BCUT2D eigenvalue weighted by molar-refractivity contribution is -0.00418. The number of nitrogens with zero attached hydrogens (tertiary/aromatic N) is 1. The molecule has 0 aliphatic rings. The van der Waals surface area contributed by atoms with Crippen LogP contribution < -0.4 is 0 Å². The van der Waals surface area contributed by atoms with Crippen molar-refractivity contribution < 1.29 is 19.1 Å². The standard InChI is InChI=1S/C16H29NO4/c1-9-11-12(10-2)17(13(18)20-15(3,4)5)14(19)21-16(6,7)8/h10,12H,2,9,11H2,1,3-8H3. The van der Waals surface area contributed by atoms with Crippen molar-refractivity contribution in [3.8, 4) is 0 Å². The van der Waals surface area contributed by atoms with Gasteiger partial charge in [-0.15, -0.1) is 6.58 Å². The van der Waals surface area contributed by atoms with E-state index in [0.29, 0.717) is 6.42 Å². The number of carbonyl (C=O) groups excluding carboxylic acids is 2. The first-order valence-corrected chi connectivity index (χ1v) is 7.29. The zero-order valence-corrected chi connectivity index (χ0v) is 14.4. The van der Waals surface area contributed by atoms with E-state index in [1.807, 2.05) is 6.92 Å². The molecule has 0 aliphatic heterocycles. The second-order valence-electron chi connectivity index (χ2n) is 6.92. The van der Waals surface area contributed by atoms with Crippen molar-refractivity contribution in [1.29, 1.82) is 0 Å². The molecule has 0 N–H and O–H groups in total. The van der Waals surface area contributed by atoms with E-state index in [1.54, 1.807) is 47.6 Å². The van der Waals surface area contributed by atoms with Crippen LogP contribution in [0, 0.1) is 0 Å². The van der Waals surface area contributed by atoms with Crippen LogP contribution in [0.25, 0.3) is 0 Å². The minimum atomic E-state index is -0.713. The van der Waals surface area contributed by atoms with E-state index in [9.17, 15) is 9.59 Å². The van der Waals surface area contributed by atoms with Gasteiger partial charge in [0.1, 0.15) is 11.2 Å². The van der Waals surface area contributed by atoms with Crippen LogP contribution in [0.3, 0.4) is 0 Å². The molecule has 0 heterocycles. The van der Waals surface area contributed by atoms with Crippen LogP contribution in [-0.4, -0.2) is 34.3 Å². The van der Waals surface area contributed by atoms with Crippen LogP contribution in [0.1, 0.15) is 61.3 Å². The van der Waals surface area contributed by atoms with Gasteiger partial charge in [0.25, 0.3) is 0 Å². The number of hydrogen-bond acceptors (Lipinski definition) is 4. The van der Waals surface area contributed by atoms with E-state index in [1.165, 1.54) is 0 Å². The molecule has 5 heteroatoms. The van der Waals surface area contributed by atoms with Gasteiger partial charge in [-0.1, -0.05) is 19.4 Å². The van der Waals surface area contributed by atoms with E-state index in [4.69, 9.17) is 9.47 Å². The fourth-order valence-corrected chi connectivity index (χ4v) is 1.62. The van der Waals surface area contributed by atoms with E-state index >= 15 is 0 Å². The summed E-state index contributed by atoms with van der Waals surface area (Å²) in [4.78, 5) is 25.6. The van der Waals surface area contributed by atoms with E-state index in [-0.39, 0.29) is 0 Å². The fraction of sp³-hybridized carbons (Fsp3) is 0.750. The molecular formula is C16H29NO4. The maximum atomic E-state index is 12.3. The second kappa shape index (κ2) is 7.48. The predicted molar refractivity (Wildman–Crippen MR) is 83.2 cm³/mol. The third-order valence-corrected chi connectivity index (χ3v) is 2.37. The van der Waals surface area contributed by atoms with Crippen LogP contribution >= 0.6 is 0 Å². The van der Waals surface area contributed by atoms with Crippen molar-refractivity contribution in [2.75, 3.05) is 0 Å². The molecule has 5 nitrogen and oxygen atoms in total. The number of rotatable bonds is 4. The normalized spacial score (nSPS) is 13.3. The van der Waals surface area contributed by atoms with E-state index in [0.717, 1.165) is 11.3 Å². The summed E-state index contributed by atoms with van der Waals surface area (Å²) >= 11 is 0. The highest BCUT2D eigenvalue weighted by Gasteiger charge is 2.35. The Morgan fingerprint density at radius 2 is 1.43 bits per heavy atom. The van der Waals surface area contributed by atoms with E-state index < -0.39 is 29.4 Å². The van der Waals surface area contributed by atoms with Crippen LogP contribution in [0.4, 0.5) is 9.59 Å². The molecule has 0 aliphatic carbocycles. The molecule has 0 fully saturated rings. The lowest BCUT2D eigenvalue weighted by Crippen LogP contribution is -2.48. The van der Waals surface area contributed by atoms with Gasteiger partial charge in [0.15, 0.2) is 0 Å². The van der Waals surface area contributed by atoms with Crippen molar-refractivity contribution in [3.63, 3.8) is 0 Å². The Hall–Kier alpha value is -1.52. The third-order valence-electron chi connectivity index (χ3n) is 2.37. The molecule has 0 radical (unpaired) electrons. The Morgan fingerprint density at radius 1 is 1.05 bits per heavy atom. The Morgan fingerprint density at radius 3 is 1.67 bits per heavy atom. The lowest BCUT2D eigenvalue weighted by Gasteiger charge is -2.32. The number of ether oxygens (including phenoxy) is 2. The van der Waals surface area contributed by atoms with Gasteiger partial charge in [-0.3, -0.25) is 0 Å². The van der Waals surface area contributed by atoms with Gasteiger partial charge in [0.2, 0.25) is 0 Å². The summed E-state index contributed by atoms with van der Waals surface area (Å²) in [7, 11) is 0. The van der Waals surface area contributed by atoms with Crippen molar-refractivity contribution in [2.24, 2.45) is 0 Å².